The van der Waals surface area contributed by atoms with E-state index < -0.39 is 5.91 Å². The average molecular weight is 313 g/mol. The maximum absolute atomic E-state index is 13.2. The summed E-state index contributed by atoms with van der Waals surface area (Å²) in [6, 6.07) is 10.2. The molecule has 0 aliphatic rings. The molecule has 0 aliphatic carbocycles. The first-order chi connectivity index (χ1) is 10.9. The Labute approximate surface area is 135 Å². The van der Waals surface area contributed by atoms with Gasteiger partial charge in [-0.2, -0.15) is 0 Å². The van der Waals surface area contributed by atoms with Gasteiger partial charge >= 0.3 is 0 Å². The van der Waals surface area contributed by atoms with Gasteiger partial charge in [-0.15, -0.1) is 0 Å². The summed E-state index contributed by atoms with van der Waals surface area (Å²) in [5, 5.41) is 0. The normalized spacial score (nSPS) is 11.2. The monoisotopic (exact) mass is 313 g/mol. The second-order valence-corrected chi connectivity index (χ2v) is 5.55. The first-order valence-electron chi connectivity index (χ1n) is 7.36. The van der Waals surface area contributed by atoms with Crippen molar-refractivity contribution in [2.45, 2.75) is 19.9 Å². The van der Waals surface area contributed by atoms with Gasteiger partial charge in [0.2, 0.25) is 5.91 Å². The number of hydrogen-bond donors (Lipinski definition) is 1. The maximum atomic E-state index is 13.2. The number of nitrogens with zero attached hydrogens (tertiary/aromatic N) is 2. The fraction of sp³-hybridized carbons (Fsp3) is 0.222. The predicted molar refractivity (Wildman–Crippen MR) is 91.4 cm³/mol. The molecule has 23 heavy (non-hydrogen) atoms. The molecule has 120 valence electrons. The van der Waals surface area contributed by atoms with Gasteiger partial charge in [0.25, 0.3) is 0 Å². The number of anilines is 1. The summed E-state index contributed by atoms with van der Waals surface area (Å²) < 4.78 is 13.2. The number of amides is 1. The molecule has 0 unspecified atom stereocenters. The summed E-state index contributed by atoms with van der Waals surface area (Å²) in [6.45, 7) is 4.12. The van der Waals surface area contributed by atoms with Crippen LogP contribution in [0.2, 0.25) is 0 Å². The van der Waals surface area contributed by atoms with Crippen molar-refractivity contribution >= 4 is 17.8 Å². The number of rotatable bonds is 5. The van der Waals surface area contributed by atoms with E-state index in [9.17, 15) is 9.18 Å². The van der Waals surface area contributed by atoms with E-state index in [-0.39, 0.29) is 11.9 Å². The Hall–Kier alpha value is -2.69. The zero-order chi connectivity index (χ0) is 17.0. The molecule has 5 heteroatoms. The molecule has 1 amide bonds. The number of hydrogen-bond acceptors (Lipinski definition) is 3. The molecule has 0 saturated heterocycles. The van der Waals surface area contributed by atoms with Crippen molar-refractivity contribution in [2.24, 2.45) is 5.73 Å². The molecule has 0 bridgehead atoms. The third-order valence-electron chi connectivity index (χ3n) is 3.58. The van der Waals surface area contributed by atoms with Crippen molar-refractivity contribution in [1.29, 1.82) is 0 Å². The molecule has 1 aromatic heterocycles. The van der Waals surface area contributed by atoms with Gasteiger partial charge < -0.3 is 10.6 Å². The standard InChI is InChI=1S/C18H20FN3O/c1-12(2)22(3)18-16(13-4-6-14(19)7-5-13)10-8-15(21-18)9-11-17(20)23/h4-12H,1-3H3,(H2,20,23). The molecule has 2 aromatic rings. The summed E-state index contributed by atoms with van der Waals surface area (Å²) >= 11 is 0. The van der Waals surface area contributed by atoms with Gasteiger partial charge in [0, 0.05) is 24.7 Å². The van der Waals surface area contributed by atoms with Crippen molar-refractivity contribution < 1.29 is 9.18 Å². The second-order valence-electron chi connectivity index (χ2n) is 5.55. The van der Waals surface area contributed by atoms with Gasteiger partial charge in [0.15, 0.2) is 0 Å². The Kier molecular flexibility index (Phi) is 5.11. The van der Waals surface area contributed by atoms with Crippen LogP contribution in [0.4, 0.5) is 10.2 Å². The van der Waals surface area contributed by atoms with Crippen LogP contribution in [0.5, 0.6) is 0 Å². The molecular weight excluding hydrogens is 293 g/mol. The zero-order valence-corrected chi connectivity index (χ0v) is 13.5. The minimum atomic E-state index is -0.520. The fourth-order valence-electron chi connectivity index (χ4n) is 2.09. The number of halogens is 1. The first-order valence-corrected chi connectivity index (χ1v) is 7.36. The Morgan fingerprint density at radius 2 is 1.87 bits per heavy atom. The molecule has 1 aromatic carbocycles. The highest BCUT2D eigenvalue weighted by Crippen LogP contribution is 2.30. The van der Waals surface area contributed by atoms with E-state index in [1.165, 1.54) is 18.2 Å². The van der Waals surface area contributed by atoms with Crippen LogP contribution in [0, 0.1) is 5.82 Å². The number of benzene rings is 1. The zero-order valence-electron chi connectivity index (χ0n) is 13.5. The predicted octanol–water partition coefficient (Wildman–Crippen LogP) is 3.23. The number of carbonyl (C=O) groups excluding carboxylic acids is 1. The lowest BCUT2D eigenvalue weighted by Crippen LogP contribution is -2.27. The van der Waals surface area contributed by atoms with Crippen LogP contribution in [0.15, 0.2) is 42.5 Å². The topological polar surface area (TPSA) is 59.2 Å². The Morgan fingerprint density at radius 1 is 1.22 bits per heavy atom. The van der Waals surface area contributed by atoms with Gasteiger partial charge in [-0.1, -0.05) is 12.1 Å². The highest BCUT2D eigenvalue weighted by Gasteiger charge is 2.14. The number of pyridine rings is 1. The fourth-order valence-corrected chi connectivity index (χ4v) is 2.09. The average Bonchev–Trinajstić information content (AvgIpc) is 2.52. The minimum Gasteiger partial charge on any atom is -0.366 e. The van der Waals surface area contributed by atoms with Crippen LogP contribution in [0.3, 0.4) is 0 Å². The van der Waals surface area contributed by atoms with E-state index in [1.54, 1.807) is 24.3 Å². The third-order valence-corrected chi connectivity index (χ3v) is 3.58. The number of carbonyl (C=O) groups is 1. The van der Waals surface area contributed by atoms with E-state index in [0.717, 1.165) is 16.9 Å². The molecule has 4 nitrogen and oxygen atoms in total. The molecule has 1 heterocycles. The van der Waals surface area contributed by atoms with E-state index in [1.807, 2.05) is 18.0 Å². The van der Waals surface area contributed by atoms with Gasteiger partial charge in [-0.3, -0.25) is 4.79 Å². The highest BCUT2D eigenvalue weighted by atomic mass is 19.1. The lowest BCUT2D eigenvalue weighted by molar-refractivity contribution is -0.113. The van der Waals surface area contributed by atoms with E-state index in [0.29, 0.717) is 5.69 Å². The Morgan fingerprint density at radius 3 is 2.43 bits per heavy atom. The summed E-state index contributed by atoms with van der Waals surface area (Å²) in [4.78, 5) is 17.5. The summed E-state index contributed by atoms with van der Waals surface area (Å²) in [6.07, 6.45) is 2.85. The van der Waals surface area contributed by atoms with E-state index >= 15 is 0 Å². The molecular formula is C18H20FN3O. The summed E-state index contributed by atoms with van der Waals surface area (Å²) in [5.74, 6) is -0.0344. The Balaban J connectivity index is 2.52. The molecule has 2 N–H and O–H groups in total. The van der Waals surface area contributed by atoms with Crippen LogP contribution < -0.4 is 10.6 Å². The SMILES string of the molecule is CC(C)N(C)c1nc(C=CC(N)=O)ccc1-c1ccc(F)cc1. The third kappa shape index (κ3) is 4.16. The highest BCUT2D eigenvalue weighted by molar-refractivity contribution is 5.90. The van der Waals surface area contributed by atoms with Gasteiger partial charge in [0.05, 0.1) is 5.69 Å². The van der Waals surface area contributed by atoms with Crippen LogP contribution in [0.25, 0.3) is 17.2 Å². The molecule has 0 saturated carbocycles. The lowest BCUT2D eigenvalue weighted by Gasteiger charge is -2.25. The second kappa shape index (κ2) is 7.05. The van der Waals surface area contributed by atoms with Crippen molar-refractivity contribution in [1.82, 2.24) is 4.98 Å². The van der Waals surface area contributed by atoms with Crippen molar-refractivity contribution in [3.8, 4) is 11.1 Å². The van der Waals surface area contributed by atoms with E-state index in [4.69, 9.17) is 5.73 Å². The van der Waals surface area contributed by atoms with Crippen molar-refractivity contribution in [3.63, 3.8) is 0 Å². The van der Waals surface area contributed by atoms with Crippen LogP contribution in [-0.2, 0) is 4.79 Å². The maximum Gasteiger partial charge on any atom is 0.241 e. The van der Waals surface area contributed by atoms with Crippen LogP contribution >= 0.6 is 0 Å². The lowest BCUT2D eigenvalue weighted by atomic mass is 10.0. The van der Waals surface area contributed by atoms with Gasteiger partial charge in [-0.25, -0.2) is 9.37 Å². The van der Waals surface area contributed by atoms with Crippen molar-refractivity contribution in [3.05, 3.63) is 54.0 Å². The van der Waals surface area contributed by atoms with Gasteiger partial charge in [-0.05, 0) is 49.8 Å². The smallest absolute Gasteiger partial charge is 0.241 e. The number of primary amides is 1. The number of nitrogens with two attached hydrogens (primary N) is 1. The molecule has 0 radical (unpaired) electrons. The van der Waals surface area contributed by atoms with Gasteiger partial charge in [0.1, 0.15) is 11.6 Å². The summed E-state index contributed by atoms with van der Waals surface area (Å²) in [5.41, 5.74) is 7.54. The van der Waals surface area contributed by atoms with Crippen molar-refractivity contribution in [2.75, 3.05) is 11.9 Å². The molecule has 0 aliphatic heterocycles. The van der Waals surface area contributed by atoms with Crippen LogP contribution in [0.1, 0.15) is 19.5 Å². The van der Waals surface area contributed by atoms with E-state index in [2.05, 4.69) is 18.8 Å². The molecule has 2 rings (SSSR count). The molecule has 0 spiro atoms. The summed E-state index contributed by atoms with van der Waals surface area (Å²) in [7, 11) is 1.95. The largest absolute Gasteiger partial charge is 0.366 e. The molecule has 0 fully saturated rings. The Bertz CT molecular complexity index is 724. The first kappa shape index (κ1) is 16.7. The molecule has 0 atom stereocenters. The number of aromatic nitrogens is 1. The quantitative estimate of drug-likeness (QED) is 0.862. The minimum absolute atomic E-state index is 0.233. The van der Waals surface area contributed by atoms with Crippen LogP contribution in [-0.4, -0.2) is 24.0 Å².